The van der Waals surface area contributed by atoms with Gasteiger partial charge in [-0.1, -0.05) is 76.8 Å². The number of rotatable bonds is 40. The molecule has 0 bridgehead atoms. The predicted molar refractivity (Wildman–Crippen MR) is 193 cm³/mol. The van der Waals surface area contributed by atoms with Crippen LogP contribution in [0.15, 0.2) is 24.3 Å². The van der Waals surface area contributed by atoms with E-state index in [9.17, 15) is 13.0 Å². The summed E-state index contributed by atoms with van der Waals surface area (Å²) >= 11 is 0. The Morgan fingerprint density at radius 2 is 0.784 bits per heavy atom. The van der Waals surface area contributed by atoms with Crippen LogP contribution in [0.3, 0.4) is 0 Å². The minimum Gasteiger partial charge on any atom is -0.748 e. The van der Waals surface area contributed by atoms with E-state index in [0.717, 1.165) is 12.2 Å². The average molecular weight is 775 g/mol. The average Bonchev–Trinajstić information content (AvgIpc) is 3.10. The molecule has 0 unspecified atom stereocenters. The van der Waals surface area contributed by atoms with Crippen LogP contribution in [0.2, 0.25) is 0 Å². The Hall–Kier alpha value is 0.246. The van der Waals surface area contributed by atoms with Gasteiger partial charge in [-0.2, -0.15) is 0 Å². The zero-order chi connectivity index (χ0) is 36.1. The van der Waals surface area contributed by atoms with Crippen molar-refractivity contribution in [1.82, 2.24) is 0 Å². The van der Waals surface area contributed by atoms with Crippen LogP contribution >= 0.6 is 0 Å². The van der Waals surface area contributed by atoms with E-state index in [1.165, 1.54) is 69.8 Å². The summed E-state index contributed by atoms with van der Waals surface area (Å²) in [5.41, 5.74) is 1.38. The summed E-state index contributed by atoms with van der Waals surface area (Å²) in [4.78, 5) is 0. The fourth-order valence-corrected chi connectivity index (χ4v) is 5.24. The Balaban J connectivity index is 0.0000250. The van der Waals surface area contributed by atoms with Crippen molar-refractivity contribution in [2.45, 2.75) is 84.0 Å². The molecule has 294 valence electrons. The minimum absolute atomic E-state index is 0. The molecular weight excluding hydrogens is 708 g/mol. The normalized spacial score (nSPS) is 11.6. The van der Waals surface area contributed by atoms with E-state index >= 15 is 0 Å². The fraction of sp³-hybridized carbons (Fsp3) is 0.838. The first-order valence-corrected chi connectivity index (χ1v) is 20.4. The zero-order valence-corrected chi connectivity index (χ0v) is 35.8. The molecule has 14 heteroatoms. The van der Waals surface area contributed by atoms with Gasteiger partial charge in [-0.25, -0.2) is 8.42 Å². The van der Waals surface area contributed by atoms with E-state index in [1.54, 1.807) is 0 Å². The van der Waals surface area contributed by atoms with Gasteiger partial charge in [0.25, 0.3) is 0 Å². The molecule has 0 radical (unpaired) electrons. The van der Waals surface area contributed by atoms with Gasteiger partial charge in [0.1, 0.15) is 12.4 Å². The molecule has 1 rings (SSSR count). The Morgan fingerprint density at radius 1 is 0.451 bits per heavy atom. The van der Waals surface area contributed by atoms with Crippen molar-refractivity contribution in [1.29, 1.82) is 0 Å². The third-order valence-corrected chi connectivity index (χ3v) is 8.31. The van der Waals surface area contributed by atoms with Gasteiger partial charge < -0.3 is 47.2 Å². The molecule has 0 aliphatic carbocycles. The molecule has 1 aromatic carbocycles. The number of benzene rings is 1. The van der Waals surface area contributed by atoms with Crippen molar-refractivity contribution >= 4 is 10.1 Å². The largest absolute Gasteiger partial charge is 1.00 e. The second-order valence-electron chi connectivity index (χ2n) is 11.9. The second-order valence-corrected chi connectivity index (χ2v) is 13.5. The summed E-state index contributed by atoms with van der Waals surface area (Å²) in [7, 11) is -4.17. The quantitative estimate of drug-likeness (QED) is 0.0550. The Morgan fingerprint density at radius 3 is 1.16 bits per heavy atom. The predicted octanol–water partition coefficient (Wildman–Crippen LogP) is 2.60. The molecule has 12 nitrogen and oxygen atoms in total. The van der Waals surface area contributed by atoms with Crippen molar-refractivity contribution in [3.63, 3.8) is 0 Å². The third kappa shape index (κ3) is 39.7. The molecule has 0 N–H and O–H groups in total. The molecule has 0 heterocycles. The molecule has 0 fully saturated rings. The monoisotopic (exact) mass is 774 g/mol. The summed E-state index contributed by atoms with van der Waals surface area (Å²) in [6.07, 6.45) is 15.0. The number of ether oxygens (including phenoxy) is 9. The van der Waals surface area contributed by atoms with Crippen LogP contribution in [0.5, 0.6) is 5.75 Å². The molecule has 0 amide bonds. The summed E-state index contributed by atoms with van der Waals surface area (Å²) in [5.74, 6) is 0.469. The zero-order valence-electron chi connectivity index (χ0n) is 31.8. The number of unbranched alkanes of at least 4 members (excludes halogenated alkanes) is 9. The van der Waals surface area contributed by atoms with E-state index in [4.69, 9.17) is 42.6 Å². The van der Waals surface area contributed by atoms with Crippen LogP contribution in [0.4, 0.5) is 0 Å². The van der Waals surface area contributed by atoms with Crippen molar-refractivity contribution in [3.8, 4) is 5.75 Å². The first kappa shape index (κ1) is 51.2. The maximum atomic E-state index is 10.5. The maximum Gasteiger partial charge on any atom is 1.00 e. The van der Waals surface area contributed by atoms with Gasteiger partial charge in [-0.3, -0.25) is 0 Å². The van der Waals surface area contributed by atoms with E-state index in [0.29, 0.717) is 106 Å². The third-order valence-electron chi connectivity index (χ3n) is 7.53. The molecule has 0 saturated carbocycles. The van der Waals surface area contributed by atoms with Crippen molar-refractivity contribution in [2.75, 3.05) is 118 Å². The van der Waals surface area contributed by atoms with Crippen LogP contribution in [-0.2, 0) is 54.4 Å². The van der Waals surface area contributed by atoms with Crippen molar-refractivity contribution in [3.05, 3.63) is 29.8 Å². The maximum absolute atomic E-state index is 10.5. The van der Waals surface area contributed by atoms with Gasteiger partial charge in [0.15, 0.2) is 0 Å². The number of aryl methyl sites for hydroxylation is 1. The van der Waals surface area contributed by atoms with Crippen LogP contribution in [0, 0.1) is 0 Å². The van der Waals surface area contributed by atoms with Gasteiger partial charge in [0, 0.05) is 12.4 Å². The molecule has 51 heavy (non-hydrogen) atoms. The van der Waals surface area contributed by atoms with Crippen LogP contribution in [0.1, 0.15) is 83.1 Å². The first-order valence-electron chi connectivity index (χ1n) is 18.8. The molecule has 0 saturated heterocycles. The van der Waals surface area contributed by atoms with Crippen LogP contribution < -0.4 is 56.1 Å². The fourth-order valence-electron chi connectivity index (χ4n) is 4.77. The van der Waals surface area contributed by atoms with Gasteiger partial charge in [-0.05, 0) is 37.0 Å². The van der Waals surface area contributed by atoms with Gasteiger partial charge in [-0.15, -0.1) is 0 Å². The Bertz CT molecular complexity index is 940. The summed E-state index contributed by atoms with van der Waals surface area (Å²) in [6.45, 7) is 9.99. The van der Waals surface area contributed by atoms with Crippen molar-refractivity contribution < 1.29 is 107 Å². The van der Waals surface area contributed by atoms with Crippen LogP contribution in [-0.4, -0.2) is 131 Å². The Labute approximate surface area is 351 Å². The Kier molecular flexibility index (Phi) is 40.1. The summed E-state index contributed by atoms with van der Waals surface area (Å²) in [6, 6.07) is 8.45. The summed E-state index contributed by atoms with van der Waals surface area (Å²) < 4.78 is 80.7. The summed E-state index contributed by atoms with van der Waals surface area (Å²) in [5, 5.41) is 0. The first-order chi connectivity index (χ1) is 24.5. The smallest absolute Gasteiger partial charge is 0.748 e. The SMILES string of the molecule is CCCCCCCCCCCCc1ccc(OCCOCCOCCOCCOCCOCCOCCOCCOCCCS(=O)(=O)[O-])cc1.[K+]. The van der Waals surface area contributed by atoms with Gasteiger partial charge in [0.2, 0.25) is 0 Å². The van der Waals surface area contributed by atoms with E-state index in [2.05, 4.69) is 31.2 Å². The molecule has 0 aromatic heterocycles. The molecule has 0 atom stereocenters. The van der Waals surface area contributed by atoms with E-state index in [1.807, 2.05) is 0 Å². The number of hydrogen-bond acceptors (Lipinski definition) is 12. The van der Waals surface area contributed by atoms with Gasteiger partial charge in [0.05, 0.1) is 109 Å². The molecular formula is C37H67KO12S. The topological polar surface area (TPSA) is 140 Å². The van der Waals surface area contributed by atoms with E-state index in [-0.39, 0.29) is 64.4 Å². The second kappa shape index (κ2) is 39.9. The molecule has 1 aromatic rings. The van der Waals surface area contributed by atoms with Gasteiger partial charge >= 0.3 is 51.4 Å². The van der Waals surface area contributed by atoms with Crippen LogP contribution in [0.25, 0.3) is 0 Å². The van der Waals surface area contributed by atoms with E-state index < -0.39 is 15.9 Å². The number of hydrogen-bond donors (Lipinski definition) is 0. The standard InChI is InChI=1S/C37H68O12S.K/c1-2-3-4-5-6-7-8-9-10-11-13-36-14-16-37(17-15-36)49-34-33-48-32-31-47-30-29-46-28-27-45-26-25-44-24-23-43-22-21-42-20-19-41-18-12-35-50(38,39)40;/h14-17H,2-13,18-35H2,1H3,(H,38,39,40);/q;+1/p-1. The minimum atomic E-state index is -4.17. The van der Waals surface area contributed by atoms with Crippen molar-refractivity contribution in [2.24, 2.45) is 0 Å². The molecule has 0 aliphatic heterocycles. The molecule has 0 aliphatic rings. The molecule has 0 spiro atoms.